The van der Waals surface area contributed by atoms with Crippen LogP contribution in [-0.4, -0.2) is 4.98 Å². The van der Waals surface area contributed by atoms with E-state index in [-0.39, 0.29) is 0 Å². The molecule has 0 spiro atoms. The molecular weight excluding hydrogens is 182 g/mol. The van der Waals surface area contributed by atoms with Crippen molar-refractivity contribution in [2.45, 2.75) is 12.8 Å². The second-order valence-electron chi connectivity index (χ2n) is 3.54. The first-order valence-corrected chi connectivity index (χ1v) is 5.19. The number of benzene rings is 1. The summed E-state index contributed by atoms with van der Waals surface area (Å²) in [6.45, 7) is 3.85. The predicted molar refractivity (Wildman–Crippen MR) is 63.4 cm³/mol. The first kappa shape index (κ1) is 9.91. The monoisotopic (exact) mass is 196 g/mol. The van der Waals surface area contributed by atoms with Crippen LogP contribution in [0.1, 0.15) is 12.0 Å². The van der Waals surface area contributed by atoms with Gasteiger partial charge in [-0.2, -0.15) is 0 Å². The van der Waals surface area contributed by atoms with Crippen LogP contribution < -0.4 is 0 Å². The molecule has 0 bridgehead atoms. The van der Waals surface area contributed by atoms with Crippen LogP contribution in [0.15, 0.2) is 48.8 Å². The van der Waals surface area contributed by atoms with Gasteiger partial charge in [0.05, 0.1) is 0 Å². The largest absolute Gasteiger partial charge is 0.265 e. The Bertz CT molecular complexity index is 403. The molecule has 0 aliphatic rings. The van der Waals surface area contributed by atoms with Crippen LogP contribution in [0.25, 0.3) is 11.1 Å². The van der Waals surface area contributed by atoms with E-state index in [2.05, 4.69) is 36.2 Å². The highest BCUT2D eigenvalue weighted by molar-refractivity contribution is 5.62. The average molecular weight is 196 g/mol. The summed E-state index contributed by atoms with van der Waals surface area (Å²) >= 11 is 0. The fourth-order valence-electron chi connectivity index (χ4n) is 1.61. The summed E-state index contributed by atoms with van der Waals surface area (Å²) in [5.41, 5.74) is 3.80. The van der Waals surface area contributed by atoms with E-state index in [1.807, 2.05) is 24.5 Å². The minimum atomic E-state index is 0.953. The predicted octanol–water partition coefficient (Wildman–Crippen LogP) is 3.52. The molecule has 2 aromatic rings. The summed E-state index contributed by atoms with van der Waals surface area (Å²) in [5.74, 6) is 0. The Hall–Kier alpha value is -1.63. The summed E-state index contributed by atoms with van der Waals surface area (Å²) in [6.07, 6.45) is 5.64. The topological polar surface area (TPSA) is 12.9 Å². The third kappa shape index (κ3) is 2.44. The molecule has 0 N–H and O–H groups in total. The number of nitrogens with zero attached hydrogens (tertiary/aromatic N) is 1. The third-order valence-corrected chi connectivity index (χ3v) is 2.43. The van der Waals surface area contributed by atoms with Crippen molar-refractivity contribution in [1.29, 1.82) is 0 Å². The van der Waals surface area contributed by atoms with Gasteiger partial charge in [-0.3, -0.25) is 4.98 Å². The fraction of sp³-hybridized carbons (Fsp3) is 0.143. The normalized spacial score (nSPS) is 10.2. The number of aromatic nitrogens is 1. The Morgan fingerprint density at radius 3 is 2.07 bits per heavy atom. The molecule has 0 unspecified atom stereocenters. The molecule has 1 radical (unpaired) electrons. The number of hydrogen-bond acceptors (Lipinski definition) is 1. The van der Waals surface area contributed by atoms with Gasteiger partial charge in [-0.15, -0.1) is 0 Å². The van der Waals surface area contributed by atoms with Crippen molar-refractivity contribution >= 4 is 0 Å². The zero-order valence-corrected chi connectivity index (χ0v) is 8.69. The van der Waals surface area contributed by atoms with Gasteiger partial charge in [-0.25, -0.2) is 0 Å². The molecule has 0 saturated carbocycles. The van der Waals surface area contributed by atoms with Crippen LogP contribution in [0.3, 0.4) is 0 Å². The van der Waals surface area contributed by atoms with E-state index in [9.17, 15) is 0 Å². The molecule has 0 fully saturated rings. The van der Waals surface area contributed by atoms with Gasteiger partial charge in [-0.05, 0) is 41.7 Å². The molecule has 1 nitrogen and oxygen atoms in total. The van der Waals surface area contributed by atoms with Gasteiger partial charge in [0.2, 0.25) is 0 Å². The van der Waals surface area contributed by atoms with E-state index in [1.165, 1.54) is 16.7 Å². The van der Waals surface area contributed by atoms with Crippen molar-refractivity contribution < 1.29 is 0 Å². The first-order chi connectivity index (χ1) is 7.40. The molecule has 0 atom stereocenters. The Morgan fingerprint density at radius 1 is 0.867 bits per heavy atom. The van der Waals surface area contributed by atoms with Crippen LogP contribution in [0.5, 0.6) is 0 Å². The van der Waals surface area contributed by atoms with Crippen molar-refractivity contribution in [3.05, 3.63) is 61.3 Å². The second-order valence-corrected chi connectivity index (χ2v) is 3.54. The van der Waals surface area contributed by atoms with E-state index in [0.29, 0.717) is 0 Å². The van der Waals surface area contributed by atoms with Crippen LogP contribution >= 0.6 is 0 Å². The molecule has 1 aromatic carbocycles. The number of rotatable bonds is 3. The van der Waals surface area contributed by atoms with Gasteiger partial charge in [0.1, 0.15) is 0 Å². The zero-order valence-electron chi connectivity index (χ0n) is 8.69. The molecule has 1 aromatic heterocycles. The molecule has 0 aliphatic heterocycles. The summed E-state index contributed by atoms with van der Waals surface area (Å²) in [5, 5.41) is 0. The minimum Gasteiger partial charge on any atom is -0.265 e. The smallest absolute Gasteiger partial charge is 0.0273 e. The maximum Gasteiger partial charge on any atom is 0.0273 e. The SMILES string of the molecule is [CH2]CCc1ccc(-c2ccncc2)cc1. The van der Waals surface area contributed by atoms with Gasteiger partial charge in [0, 0.05) is 12.4 Å². The molecular formula is C14H14N. The van der Waals surface area contributed by atoms with Crippen molar-refractivity contribution in [3.63, 3.8) is 0 Å². The maximum atomic E-state index is 4.01. The maximum absolute atomic E-state index is 4.01. The lowest BCUT2D eigenvalue weighted by Crippen LogP contribution is -1.83. The third-order valence-electron chi connectivity index (χ3n) is 2.43. The van der Waals surface area contributed by atoms with E-state index in [1.54, 1.807) is 0 Å². The highest BCUT2D eigenvalue weighted by Gasteiger charge is 1.96. The molecule has 0 aliphatic carbocycles. The van der Waals surface area contributed by atoms with Crippen LogP contribution in [0, 0.1) is 6.92 Å². The van der Waals surface area contributed by atoms with Crippen LogP contribution in [0.4, 0.5) is 0 Å². The van der Waals surface area contributed by atoms with Gasteiger partial charge in [0.25, 0.3) is 0 Å². The first-order valence-electron chi connectivity index (χ1n) is 5.19. The molecule has 2 rings (SSSR count). The zero-order chi connectivity index (χ0) is 10.5. The van der Waals surface area contributed by atoms with Gasteiger partial charge >= 0.3 is 0 Å². The molecule has 1 heterocycles. The quantitative estimate of drug-likeness (QED) is 0.732. The minimum absolute atomic E-state index is 0.953. The van der Waals surface area contributed by atoms with Gasteiger partial charge in [-0.1, -0.05) is 31.2 Å². The average Bonchev–Trinajstić information content (AvgIpc) is 2.32. The van der Waals surface area contributed by atoms with Crippen molar-refractivity contribution in [2.24, 2.45) is 0 Å². The molecule has 15 heavy (non-hydrogen) atoms. The van der Waals surface area contributed by atoms with Gasteiger partial charge < -0.3 is 0 Å². The lowest BCUT2D eigenvalue weighted by Gasteiger charge is -2.02. The second kappa shape index (κ2) is 4.74. The number of hydrogen-bond donors (Lipinski definition) is 0. The summed E-state index contributed by atoms with van der Waals surface area (Å²) in [6, 6.07) is 12.7. The number of pyridine rings is 1. The highest BCUT2D eigenvalue weighted by atomic mass is 14.6. The summed E-state index contributed by atoms with van der Waals surface area (Å²) < 4.78 is 0. The Labute approximate surface area is 90.8 Å². The molecule has 75 valence electrons. The van der Waals surface area contributed by atoms with Crippen molar-refractivity contribution in [2.75, 3.05) is 0 Å². The highest BCUT2D eigenvalue weighted by Crippen LogP contribution is 2.18. The van der Waals surface area contributed by atoms with Crippen LogP contribution in [0.2, 0.25) is 0 Å². The molecule has 0 saturated heterocycles. The Kier molecular flexibility index (Phi) is 3.13. The lowest BCUT2D eigenvalue weighted by molar-refractivity contribution is 1.000. The summed E-state index contributed by atoms with van der Waals surface area (Å²) in [7, 11) is 0. The Morgan fingerprint density at radius 2 is 1.47 bits per heavy atom. The molecule has 0 amide bonds. The standard InChI is InChI=1S/C14H14N/c1-2-3-12-4-6-13(7-5-12)14-8-10-15-11-9-14/h4-11H,1-3H2. The number of aryl methyl sites for hydroxylation is 1. The van der Waals surface area contributed by atoms with Crippen LogP contribution in [-0.2, 0) is 6.42 Å². The van der Waals surface area contributed by atoms with E-state index in [0.717, 1.165) is 12.8 Å². The summed E-state index contributed by atoms with van der Waals surface area (Å²) in [4.78, 5) is 4.01. The lowest BCUT2D eigenvalue weighted by atomic mass is 10.0. The Balaban J connectivity index is 2.24. The van der Waals surface area contributed by atoms with Crippen molar-refractivity contribution in [3.8, 4) is 11.1 Å². The van der Waals surface area contributed by atoms with E-state index in [4.69, 9.17) is 0 Å². The van der Waals surface area contributed by atoms with E-state index >= 15 is 0 Å². The molecule has 1 heteroatoms. The fourth-order valence-corrected chi connectivity index (χ4v) is 1.61. The van der Waals surface area contributed by atoms with Crippen molar-refractivity contribution in [1.82, 2.24) is 4.98 Å². The van der Waals surface area contributed by atoms with E-state index < -0.39 is 0 Å². The van der Waals surface area contributed by atoms with Gasteiger partial charge in [0.15, 0.2) is 0 Å².